The van der Waals surface area contributed by atoms with Crippen molar-refractivity contribution in [2.45, 2.75) is 25.0 Å². The zero-order chi connectivity index (χ0) is 26.0. The lowest BCUT2D eigenvalue weighted by Crippen LogP contribution is -2.39. The predicted molar refractivity (Wildman–Crippen MR) is 144 cm³/mol. The third-order valence-electron chi connectivity index (χ3n) is 6.27. The van der Waals surface area contributed by atoms with Gasteiger partial charge in [-0.05, 0) is 33.1 Å². The maximum Gasteiger partial charge on any atom is 0.259 e. The molecule has 1 aromatic carbocycles. The van der Waals surface area contributed by atoms with E-state index in [1.165, 1.54) is 14.2 Å². The summed E-state index contributed by atoms with van der Waals surface area (Å²) in [7, 11) is 6.99. The van der Waals surface area contributed by atoms with Gasteiger partial charge in [0, 0.05) is 35.8 Å². The number of benzene rings is 1. The summed E-state index contributed by atoms with van der Waals surface area (Å²) in [6.07, 6.45) is 2.49. The number of rotatable bonds is 9. The molecule has 0 aliphatic carbocycles. The number of nitrogens with zero attached hydrogens (tertiary/aromatic N) is 3. The minimum Gasteiger partial charge on any atom is -0.495 e. The standard InChI is InChI=1S/C25H31Cl2N5O4/c1-31(2)6-5-7-32-18-9-21(30-17-13-36-12-16(17)28)29-11-14(18)8-15(25(32)33)22-23(26)19(34-3)10-20(35-4)24(22)27/h8-11,16-17H,5-7,12-13,28H2,1-4H3,(H,29,30). The van der Waals surface area contributed by atoms with Crippen LogP contribution < -0.4 is 26.1 Å². The predicted octanol–water partition coefficient (Wildman–Crippen LogP) is 3.48. The molecule has 3 N–H and O–H groups in total. The SMILES string of the molecule is COc1cc(OC)c(Cl)c(-c2cc3cnc(NC4COCC4N)cc3n(CCCN(C)C)c2=O)c1Cl. The van der Waals surface area contributed by atoms with Crippen molar-refractivity contribution in [3.63, 3.8) is 0 Å². The van der Waals surface area contributed by atoms with E-state index in [2.05, 4.69) is 15.2 Å². The lowest BCUT2D eigenvalue weighted by molar-refractivity contribution is 0.192. The van der Waals surface area contributed by atoms with Gasteiger partial charge in [0.2, 0.25) is 0 Å². The Morgan fingerprint density at radius 1 is 1.17 bits per heavy atom. The molecule has 2 atom stereocenters. The van der Waals surface area contributed by atoms with Crippen molar-refractivity contribution >= 4 is 39.9 Å². The Bertz CT molecular complexity index is 1290. The van der Waals surface area contributed by atoms with Gasteiger partial charge in [0.25, 0.3) is 5.56 Å². The number of nitrogens with two attached hydrogens (primary N) is 1. The van der Waals surface area contributed by atoms with Gasteiger partial charge in [-0.3, -0.25) is 4.79 Å². The Hall–Kier alpha value is -2.56. The highest BCUT2D eigenvalue weighted by molar-refractivity contribution is 6.41. The number of aryl methyl sites for hydroxylation is 1. The van der Waals surface area contributed by atoms with Gasteiger partial charge < -0.3 is 34.7 Å². The van der Waals surface area contributed by atoms with Crippen molar-refractivity contribution < 1.29 is 14.2 Å². The minimum atomic E-state index is -0.224. The zero-order valence-corrected chi connectivity index (χ0v) is 22.3. The number of hydrogen-bond acceptors (Lipinski definition) is 8. The van der Waals surface area contributed by atoms with E-state index < -0.39 is 0 Å². The van der Waals surface area contributed by atoms with Crippen LogP contribution in [0.25, 0.3) is 22.0 Å². The van der Waals surface area contributed by atoms with E-state index in [9.17, 15) is 4.79 Å². The van der Waals surface area contributed by atoms with Crippen LogP contribution in [-0.4, -0.2) is 74.6 Å². The van der Waals surface area contributed by atoms with Crippen LogP contribution >= 0.6 is 23.2 Å². The van der Waals surface area contributed by atoms with E-state index in [4.69, 9.17) is 43.1 Å². The van der Waals surface area contributed by atoms with E-state index in [0.717, 1.165) is 23.9 Å². The number of fused-ring (bicyclic) bond motifs is 1. The molecule has 1 fully saturated rings. The maximum absolute atomic E-state index is 13.9. The first-order valence-corrected chi connectivity index (χ1v) is 12.4. The molecular weight excluding hydrogens is 505 g/mol. The number of ether oxygens (including phenoxy) is 3. The van der Waals surface area contributed by atoms with Crippen LogP contribution in [0.1, 0.15) is 6.42 Å². The molecule has 0 radical (unpaired) electrons. The molecular formula is C25H31Cl2N5O4. The molecule has 0 amide bonds. The van der Waals surface area contributed by atoms with Crippen LogP contribution in [0, 0.1) is 0 Å². The summed E-state index contributed by atoms with van der Waals surface area (Å²) in [5.74, 6) is 1.35. The summed E-state index contributed by atoms with van der Waals surface area (Å²) in [4.78, 5) is 20.6. The van der Waals surface area contributed by atoms with Crippen LogP contribution in [0.4, 0.5) is 5.82 Å². The van der Waals surface area contributed by atoms with Gasteiger partial charge in [-0.2, -0.15) is 0 Å². The van der Waals surface area contributed by atoms with Crippen molar-refractivity contribution in [2.75, 3.05) is 53.4 Å². The second kappa shape index (κ2) is 11.2. The number of halogens is 2. The molecule has 0 bridgehead atoms. The molecule has 1 saturated heterocycles. The molecule has 3 aromatic rings. The van der Waals surface area contributed by atoms with Gasteiger partial charge in [-0.1, -0.05) is 23.2 Å². The zero-order valence-electron chi connectivity index (χ0n) is 20.8. The van der Waals surface area contributed by atoms with Crippen LogP contribution in [0.5, 0.6) is 11.5 Å². The molecule has 2 unspecified atom stereocenters. The second-order valence-electron chi connectivity index (χ2n) is 9.04. The molecule has 0 saturated carbocycles. The molecule has 3 heterocycles. The number of hydrogen-bond donors (Lipinski definition) is 2. The average molecular weight is 536 g/mol. The second-order valence-corrected chi connectivity index (χ2v) is 9.79. The maximum atomic E-state index is 13.9. The van der Waals surface area contributed by atoms with Crippen molar-refractivity contribution in [3.05, 3.63) is 44.8 Å². The van der Waals surface area contributed by atoms with Crippen LogP contribution in [0.3, 0.4) is 0 Å². The van der Waals surface area contributed by atoms with E-state index in [0.29, 0.717) is 48.2 Å². The van der Waals surface area contributed by atoms with Gasteiger partial charge in [0.05, 0.1) is 60.6 Å². The number of pyridine rings is 2. The van der Waals surface area contributed by atoms with Gasteiger partial charge >= 0.3 is 0 Å². The van der Waals surface area contributed by atoms with Crippen LogP contribution in [0.15, 0.2) is 29.2 Å². The summed E-state index contributed by atoms with van der Waals surface area (Å²) in [6, 6.07) is 5.05. The smallest absolute Gasteiger partial charge is 0.259 e. The molecule has 9 nitrogen and oxygen atoms in total. The summed E-state index contributed by atoms with van der Waals surface area (Å²) in [5, 5.41) is 4.58. The molecule has 1 aliphatic heterocycles. The van der Waals surface area contributed by atoms with Gasteiger partial charge in [0.1, 0.15) is 17.3 Å². The fourth-order valence-electron chi connectivity index (χ4n) is 4.33. The summed E-state index contributed by atoms with van der Waals surface area (Å²) in [5.41, 5.74) is 7.35. The summed E-state index contributed by atoms with van der Waals surface area (Å²) >= 11 is 13.3. The molecule has 0 spiro atoms. The third kappa shape index (κ3) is 5.26. The highest BCUT2D eigenvalue weighted by atomic mass is 35.5. The Morgan fingerprint density at radius 3 is 2.44 bits per heavy atom. The number of aromatic nitrogens is 2. The molecule has 1 aliphatic rings. The van der Waals surface area contributed by atoms with E-state index in [1.54, 1.807) is 22.9 Å². The molecule has 11 heteroatoms. The van der Waals surface area contributed by atoms with E-state index >= 15 is 0 Å². The number of nitrogens with one attached hydrogen (secondary N) is 1. The Kier molecular flexibility index (Phi) is 8.27. The largest absolute Gasteiger partial charge is 0.495 e. The first-order valence-electron chi connectivity index (χ1n) is 11.6. The van der Waals surface area contributed by atoms with Gasteiger partial charge in [-0.25, -0.2) is 4.98 Å². The number of methoxy groups -OCH3 is 2. The van der Waals surface area contributed by atoms with E-state index in [-0.39, 0.29) is 27.7 Å². The summed E-state index contributed by atoms with van der Waals surface area (Å²) in [6.45, 7) is 2.31. The van der Waals surface area contributed by atoms with Crippen LogP contribution in [0.2, 0.25) is 10.0 Å². The Balaban J connectivity index is 1.89. The van der Waals surface area contributed by atoms with E-state index in [1.807, 2.05) is 20.2 Å². The summed E-state index contributed by atoms with van der Waals surface area (Å²) < 4.78 is 18.0. The van der Waals surface area contributed by atoms with Crippen molar-refractivity contribution in [1.29, 1.82) is 0 Å². The number of anilines is 1. The minimum absolute atomic E-state index is 0.0509. The lowest BCUT2D eigenvalue weighted by Gasteiger charge is -2.19. The van der Waals surface area contributed by atoms with Gasteiger partial charge in [0.15, 0.2) is 0 Å². The third-order valence-corrected chi connectivity index (χ3v) is 7.02. The highest BCUT2D eigenvalue weighted by Crippen LogP contribution is 2.45. The van der Waals surface area contributed by atoms with Crippen molar-refractivity contribution in [2.24, 2.45) is 5.73 Å². The Morgan fingerprint density at radius 2 is 1.86 bits per heavy atom. The first kappa shape index (κ1) is 26.5. The van der Waals surface area contributed by atoms with Crippen molar-refractivity contribution in [1.82, 2.24) is 14.5 Å². The normalized spacial score (nSPS) is 17.7. The Labute approximate surface area is 220 Å². The fourth-order valence-corrected chi connectivity index (χ4v) is 5.03. The quantitative estimate of drug-likeness (QED) is 0.429. The van der Waals surface area contributed by atoms with Crippen LogP contribution in [-0.2, 0) is 11.3 Å². The fraction of sp³-hybridized carbons (Fsp3) is 0.440. The van der Waals surface area contributed by atoms with Crippen molar-refractivity contribution in [3.8, 4) is 22.6 Å². The topological polar surface area (TPSA) is 104 Å². The molecule has 194 valence electrons. The monoisotopic (exact) mass is 535 g/mol. The highest BCUT2D eigenvalue weighted by Gasteiger charge is 2.26. The lowest BCUT2D eigenvalue weighted by atomic mass is 10.0. The molecule has 36 heavy (non-hydrogen) atoms. The molecule has 4 rings (SSSR count). The average Bonchev–Trinajstić information content (AvgIpc) is 3.25. The van der Waals surface area contributed by atoms with Gasteiger partial charge in [-0.15, -0.1) is 0 Å². The molecule has 2 aromatic heterocycles. The first-order chi connectivity index (χ1) is 17.2.